The van der Waals surface area contributed by atoms with Crippen LogP contribution in [0.25, 0.3) is 0 Å². The Morgan fingerprint density at radius 3 is 2.55 bits per heavy atom. The summed E-state index contributed by atoms with van der Waals surface area (Å²) in [5.74, 6) is 2.05. The summed E-state index contributed by atoms with van der Waals surface area (Å²) in [6.07, 6.45) is 5.78. The predicted molar refractivity (Wildman–Crippen MR) is 132 cm³/mol. The molecule has 2 rings (SSSR count). The number of rotatable bonds is 8. The highest BCUT2D eigenvalue weighted by molar-refractivity contribution is 14.0. The van der Waals surface area contributed by atoms with Crippen LogP contribution in [0.15, 0.2) is 29.4 Å². The van der Waals surface area contributed by atoms with Crippen molar-refractivity contribution in [2.75, 3.05) is 43.1 Å². The van der Waals surface area contributed by atoms with Gasteiger partial charge >= 0.3 is 0 Å². The molecular weight excluding hydrogens is 501 g/mol. The number of piperidine rings is 1. The van der Waals surface area contributed by atoms with Crippen LogP contribution in [-0.2, 0) is 9.84 Å². The maximum absolute atomic E-state index is 11.4. The lowest BCUT2D eigenvalue weighted by Gasteiger charge is -2.34. The van der Waals surface area contributed by atoms with Gasteiger partial charge in [-0.3, -0.25) is 4.99 Å². The van der Waals surface area contributed by atoms with Crippen molar-refractivity contribution in [3.05, 3.63) is 24.4 Å². The number of aliphatic imine (C=N–C) groups is 1. The smallest absolute Gasteiger partial charge is 0.191 e. The Balaban J connectivity index is 0.00000420. The summed E-state index contributed by atoms with van der Waals surface area (Å²) < 4.78 is 22.9. The minimum atomic E-state index is -2.95. The van der Waals surface area contributed by atoms with Gasteiger partial charge in [0.15, 0.2) is 5.96 Å². The first-order valence-electron chi connectivity index (χ1n) is 10.1. The van der Waals surface area contributed by atoms with Crippen molar-refractivity contribution in [2.45, 2.75) is 46.1 Å². The number of anilines is 1. The summed E-state index contributed by atoms with van der Waals surface area (Å²) in [5, 5.41) is 6.86. The molecule has 0 amide bonds. The summed E-state index contributed by atoms with van der Waals surface area (Å²) in [6.45, 7) is 9.50. The maximum Gasteiger partial charge on any atom is 0.191 e. The van der Waals surface area contributed by atoms with E-state index in [-0.39, 0.29) is 35.1 Å². The van der Waals surface area contributed by atoms with E-state index in [4.69, 9.17) is 4.99 Å². The molecule has 0 aromatic carbocycles. The molecule has 0 saturated carbocycles. The van der Waals surface area contributed by atoms with Crippen LogP contribution >= 0.6 is 24.0 Å². The second-order valence-electron chi connectivity index (χ2n) is 8.33. The van der Waals surface area contributed by atoms with Crippen molar-refractivity contribution in [2.24, 2.45) is 10.4 Å². The summed E-state index contributed by atoms with van der Waals surface area (Å²) in [5.41, 5.74) is -0.159. The Morgan fingerprint density at radius 2 is 2.00 bits per heavy atom. The number of hydrogen-bond donors (Lipinski definition) is 2. The molecule has 0 atom stereocenters. The van der Waals surface area contributed by atoms with E-state index in [0.29, 0.717) is 19.0 Å². The summed E-state index contributed by atoms with van der Waals surface area (Å²) >= 11 is 0. The SMILES string of the molecule is CCNC(=NCC(C)(C)CCS(C)(=O)=O)NC1CCN(c2ccccn2)CC1.I. The highest BCUT2D eigenvalue weighted by atomic mass is 127. The number of pyridine rings is 1. The molecule has 1 aliphatic rings. The average Bonchev–Trinajstić information content (AvgIpc) is 2.66. The monoisotopic (exact) mass is 537 g/mol. The third kappa shape index (κ3) is 9.97. The molecule has 0 aliphatic carbocycles. The molecular formula is C20H36IN5O2S. The van der Waals surface area contributed by atoms with Crippen molar-refractivity contribution in [3.63, 3.8) is 0 Å². The van der Waals surface area contributed by atoms with Gasteiger partial charge in [0, 0.05) is 44.7 Å². The Morgan fingerprint density at radius 1 is 1.31 bits per heavy atom. The molecule has 9 heteroatoms. The van der Waals surface area contributed by atoms with E-state index >= 15 is 0 Å². The van der Waals surface area contributed by atoms with Crippen molar-refractivity contribution in [1.29, 1.82) is 0 Å². The van der Waals surface area contributed by atoms with Gasteiger partial charge in [0.25, 0.3) is 0 Å². The van der Waals surface area contributed by atoms with Gasteiger partial charge in [-0.15, -0.1) is 24.0 Å². The molecule has 0 spiro atoms. The zero-order chi connectivity index (χ0) is 20.6. The molecule has 2 heterocycles. The van der Waals surface area contributed by atoms with E-state index in [2.05, 4.69) is 47.4 Å². The van der Waals surface area contributed by atoms with E-state index in [9.17, 15) is 8.42 Å². The molecule has 1 aliphatic heterocycles. The summed E-state index contributed by atoms with van der Waals surface area (Å²) in [7, 11) is -2.95. The fourth-order valence-electron chi connectivity index (χ4n) is 3.14. The van der Waals surface area contributed by atoms with Crippen LogP contribution in [0.1, 0.15) is 40.0 Å². The molecule has 7 nitrogen and oxygen atoms in total. The molecule has 1 fully saturated rings. The molecule has 1 aromatic rings. The van der Waals surface area contributed by atoms with Gasteiger partial charge in [-0.1, -0.05) is 19.9 Å². The van der Waals surface area contributed by atoms with E-state index in [1.807, 2.05) is 18.3 Å². The lowest BCUT2D eigenvalue weighted by atomic mass is 9.90. The third-order valence-electron chi connectivity index (χ3n) is 4.97. The minimum absolute atomic E-state index is 0. The zero-order valence-electron chi connectivity index (χ0n) is 18.0. The third-order valence-corrected chi connectivity index (χ3v) is 5.91. The molecule has 2 N–H and O–H groups in total. The predicted octanol–water partition coefficient (Wildman–Crippen LogP) is 2.68. The van der Waals surface area contributed by atoms with Crippen LogP contribution < -0.4 is 15.5 Å². The fourth-order valence-corrected chi connectivity index (χ4v) is 4.06. The first kappa shape index (κ1) is 25.9. The highest BCUT2D eigenvalue weighted by Gasteiger charge is 2.22. The Hall–Kier alpha value is -1.10. The lowest BCUT2D eigenvalue weighted by Crippen LogP contribution is -2.49. The normalized spacial score (nSPS) is 16.3. The average molecular weight is 538 g/mol. The Labute approximate surface area is 193 Å². The number of sulfone groups is 1. The van der Waals surface area contributed by atoms with Crippen LogP contribution in [0.3, 0.4) is 0 Å². The van der Waals surface area contributed by atoms with Gasteiger partial charge in [-0.25, -0.2) is 13.4 Å². The van der Waals surface area contributed by atoms with Gasteiger partial charge in [-0.05, 0) is 43.7 Å². The second kappa shape index (κ2) is 11.9. The zero-order valence-corrected chi connectivity index (χ0v) is 21.2. The first-order valence-corrected chi connectivity index (χ1v) is 12.1. The molecule has 1 aromatic heterocycles. The minimum Gasteiger partial charge on any atom is -0.357 e. The van der Waals surface area contributed by atoms with Crippen LogP contribution in [0.5, 0.6) is 0 Å². The lowest BCUT2D eigenvalue weighted by molar-refractivity contribution is 0.364. The van der Waals surface area contributed by atoms with Gasteiger partial charge in [0.2, 0.25) is 0 Å². The van der Waals surface area contributed by atoms with Gasteiger partial charge in [-0.2, -0.15) is 0 Å². The number of guanidine groups is 1. The topological polar surface area (TPSA) is 86.7 Å². The quantitative estimate of drug-likeness (QED) is 0.301. The second-order valence-corrected chi connectivity index (χ2v) is 10.6. The highest BCUT2D eigenvalue weighted by Crippen LogP contribution is 2.22. The van der Waals surface area contributed by atoms with Gasteiger partial charge in [0.05, 0.1) is 5.75 Å². The van der Waals surface area contributed by atoms with Gasteiger partial charge in [0.1, 0.15) is 15.7 Å². The van der Waals surface area contributed by atoms with E-state index in [1.165, 1.54) is 6.26 Å². The summed E-state index contributed by atoms with van der Waals surface area (Å²) in [6, 6.07) is 6.39. The molecule has 0 bridgehead atoms. The van der Waals surface area contributed by atoms with E-state index in [1.54, 1.807) is 0 Å². The van der Waals surface area contributed by atoms with Gasteiger partial charge < -0.3 is 15.5 Å². The summed E-state index contributed by atoms with van der Waals surface area (Å²) in [4.78, 5) is 11.5. The van der Waals surface area contributed by atoms with Crippen LogP contribution in [0.2, 0.25) is 0 Å². The molecule has 29 heavy (non-hydrogen) atoms. The van der Waals surface area contributed by atoms with E-state index < -0.39 is 9.84 Å². The van der Waals surface area contributed by atoms with Crippen molar-refractivity contribution >= 4 is 45.6 Å². The first-order chi connectivity index (χ1) is 13.2. The standard InChI is InChI=1S/C20H35N5O2S.HI/c1-5-21-19(23-16-20(2,3)11-15-28(4,26)27)24-17-9-13-25(14-10-17)18-8-6-7-12-22-18;/h6-8,12,17H,5,9-11,13-16H2,1-4H3,(H2,21,23,24);1H. The molecule has 0 radical (unpaired) electrons. The number of nitrogens with zero attached hydrogens (tertiary/aromatic N) is 3. The largest absolute Gasteiger partial charge is 0.357 e. The Kier molecular flexibility index (Phi) is 10.7. The fraction of sp³-hybridized carbons (Fsp3) is 0.700. The van der Waals surface area contributed by atoms with Crippen LogP contribution in [0, 0.1) is 5.41 Å². The van der Waals surface area contributed by atoms with Crippen LogP contribution in [0.4, 0.5) is 5.82 Å². The Bertz CT molecular complexity index is 732. The number of halogens is 1. The van der Waals surface area contributed by atoms with Crippen molar-refractivity contribution in [3.8, 4) is 0 Å². The molecule has 166 valence electrons. The van der Waals surface area contributed by atoms with E-state index in [0.717, 1.165) is 44.3 Å². The number of aromatic nitrogens is 1. The number of nitrogens with one attached hydrogen (secondary N) is 2. The van der Waals surface area contributed by atoms with Crippen molar-refractivity contribution in [1.82, 2.24) is 15.6 Å². The maximum atomic E-state index is 11.4. The molecule has 1 saturated heterocycles. The number of hydrogen-bond acceptors (Lipinski definition) is 5. The molecule has 0 unspecified atom stereocenters. The van der Waals surface area contributed by atoms with Crippen molar-refractivity contribution < 1.29 is 8.42 Å². The van der Waals surface area contributed by atoms with Crippen LogP contribution in [-0.4, -0.2) is 63.6 Å².